The van der Waals surface area contributed by atoms with Crippen molar-refractivity contribution in [1.29, 1.82) is 0 Å². The van der Waals surface area contributed by atoms with Gasteiger partial charge in [-0.1, -0.05) is 0 Å². The number of nitrogens with one attached hydrogen (secondary N) is 1. The van der Waals surface area contributed by atoms with Crippen LogP contribution in [0.4, 0.5) is 10.1 Å². The van der Waals surface area contributed by atoms with Crippen molar-refractivity contribution >= 4 is 32.6 Å². The second-order valence-corrected chi connectivity index (χ2v) is 9.55. The Hall–Kier alpha value is -2.91. The van der Waals surface area contributed by atoms with Crippen LogP contribution in [0.25, 0.3) is 22.3 Å². The first-order valence-electron chi connectivity index (χ1n) is 9.95. The molecule has 1 amide bonds. The highest BCUT2D eigenvalue weighted by Gasteiger charge is 2.29. The van der Waals surface area contributed by atoms with E-state index in [9.17, 15) is 22.7 Å². The summed E-state index contributed by atoms with van der Waals surface area (Å²) in [6.07, 6.45) is 2.00. The lowest BCUT2D eigenvalue weighted by molar-refractivity contribution is 0.0964. The van der Waals surface area contributed by atoms with Crippen molar-refractivity contribution in [1.82, 2.24) is 5.32 Å². The fraction of sp³-hybridized carbons (Fsp3) is 0.318. The van der Waals surface area contributed by atoms with E-state index < -0.39 is 27.9 Å². The number of nitrogens with zero attached hydrogens (tertiary/aromatic N) is 1. The van der Waals surface area contributed by atoms with Gasteiger partial charge in [-0.25, -0.2) is 12.8 Å². The molecule has 0 aliphatic carbocycles. The smallest absolute Gasteiger partial charge is 0.255 e. The molecule has 31 heavy (non-hydrogen) atoms. The molecule has 1 unspecified atom stereocenters. The number of sulfonamides is 1. The summed E-state index contributed by atoms with van der Waals surface area (Å²) in [5.41, 5.74) is 1.81. The number of anilines is 1. The maximum Gasteiger partial charge on any atom is 0.255 e. The van der Waals surface area contributed by atoms with E-state index in [1.54, 1.807) is 12.1 Å². The Morgan fingerprint density at radius 1 is 1.23 bits per heavy atom. The molecular weight excluding hydrogens is 423 g/mol. The van der Waals surface area contributed by atoms with Crippen LogP contribution in [-0.4, -0.2) is 39.3 Å². The molecule has 7 nitrogen and oxygen atoms in total. The summed E-state index contributed by atoms with van der Waals surface area (Å²) >= 11 is 0. The van der Waals surface area contributed by atoms with E-state index in [2.05, 4.69) is 5.32 Å². The molecule has 0 saturated carbocycles. The third-order valence-electron chi connectivity index (χ3n) is 5.51. The number of hydrogen-bond acceptors (Lipinski definition) is 5. The summed E-state index contributed by atoms with van der Waals surface area (Å²) in [6, 6.07) is 8.73. The van der Waals surface area contributed by atoms with Crippen LogP contribution in [0.2, 0.25) is 0 Å². The van der Waals surface area contributed by atoms with Crippen molar-refractivity contribution < 1.29 is 27.1 Å². The predicted octanol–water partition coefficient (Wildman–Crippen LogP) is 3.58. The molecule has 4 rings (SSSR count). The van der Waals surface area contributed by atoms with Crippen LogP contribution in [-0.2, 0) is 10.0 Å². The van der Waals surface area contributed by atoms with Crippen LogP contribution in [0, 0.1) is 5.82 Å². The van der Waals surface area contributed by atoms with Gasteiger partial charge < -0.3 is 14.8 Å². The lowest BCUT2D eigenvalue weighted by Gasteiger charge is -2.29. The molecule has 0 fully saturated rings. The minimum Gasteiger partial charge on any atom is -0.455 e. The van der Waals surface area contributed by atoms with E-state index in [-0.39, 0.29) is 17.9 Å². The van der Waals surface area contributed by atoms with Crippen molar-refractivity contribution in [3.05, 3.63) is 53.3 Å². The number of carbonyl (C=O) groups excluding carboxylic acids is 1. The van der Waals surface area contributed by atoms with Crippen molar-refractivity contribution in [3.63, 3.8) is 0 Å². The normalized spacial score (nSPS) is 17.2. The molecule has 164 valence electrons. The largest absolute Gasteiger partial charge is 0.455 e. The van der Waals surface area contributed by atoms with Crippen molar-refractivity contribution in [2.75, 3.05) is 24.2 Å². The summed E-state index contributed by atoms with van der Waals surface area (Å²) in [5, 5.41) is 13.8. The molecule has 0 bridgehead atoms. The molecule has 9 heteroatoms. The molecule has 1 atom stereocenters. The minimum absolute atomic E-state index is 0.243. The standard InChI is InChI=1S/C22H23FN2O5S/c1-24-22(27)20-16-11-15-17(25(31(2,28)29)10-4-3-5-18(15)26)12-19(16)30-21(20)13-6-8-14(23)9-7-13/h6-9,11-12,18,26H,3-5,10H2,1-2H3,(H,24,27). The first kappa shape index (κ1) is 21.3. The molecule has 1 aliphatic heterocycles. The number of aliphatic hydroxyl groups excluding tert-OH is 1. The minimum atomic E-state index is -3.59. The summed E-state index contributed by atoms with van der Waals surface area (Å²) < 4.78 is 45.6. The van der Waals surface area contributed by atoms with Crippen molar-refractivity contribution in [2.24, 2.45) is 0 Å². The monoisotopic (exact) mass is 446 g/mol. The number of fused-ring (bicyclic) bond motifs is 2. The first-order chi connectivity index (χ1) is 14.7. The van der Waals surface area contributed by atoms with Gasteiger partial charge in [0.05, 0.1) is 23.6 Å². The van der Waals surface area contributed by atoms with Gasteiger partial charge in [-0.2, -0.15) is 0 Å². The number of rotatable bonds is 3. The maximum absolute atomic E-state index is 13.4. The lowest BCUT2D eigenvalue weighted by atomic mass is 9.96. The van der Waals surface area contributed by atoms with Gasteiger partial charge in [0.15, 0.2) is 0 Å². The van der Waals surface area contributed by atoms with E-state index in [1.807, 2.05) is 0 Å². The summed E-state index contributed by atoms with van der Waals surface area (Å²) in [5.74, 6) is -0.581. The first-order valence-corrected chi connectivity index (χ1v) is 11.8. The second-order valence-electron chi connectivity index (χ2n) is 7.65. The topological polar surface area (TPSA) is 99.8 Å². The van der Waals surface area contributed by atoms with Gasteiger partial charge in [-0.15, -0.1) is 0 Å². The Morgan fingerprint density at radius 3 is 2.58 bits per heavy atom. The molecule has 2 heterocycles. The molecule has 0 radical (unpaired) electrons. The molecule has 3 aromatic rings. The Morgan fingerprint density at radius 2 is 1.94 bits per heavy atom. The number of aliphatic hydroxyl groups is 1. The van der Waals surface area contributed by atoms with Gasteiger partial charge in [0, 0.05) is 36.2 Å². The number of carbonyl (C=O) groups is 1. The molecule has 1 aromatic heterocycles. The molecule has 2 N–H and O–H groups in total. The van der Waals surface area contributed by atoms with Crippen molar-refractivity contribution in [3.8, 4) is 11.3 Å². The highest BCUT2D eigenvalue weighted by molar-refractivity contribution is 7.92. The molecule has 0 saturated heterocycles. The average molecular weight is 447 g/mol. The lowest BCUT2D eigenvalue weighted by Crippen LogP contribution is -2.33. The fourth-order valence-electron chi connectivity index (χ4n) is 4.00. The number of amides is 1. The van der Waals surface area contributed by atoms with E-state index in [0.717, 1.165) is 6.26 Å². The third kappa shape index (κ3) is 3.90. The zero-order chi connectivity index (χ0) is 22.3. The molecule has 2 aromatic carbocycles. The average Bonchev–Trinajstić information content (AvgIpc) is 3.08. The van der Waals surface area contributed by atoms with Crippen LogP contribution in [0.15, 0.2) is 40.8 Å². The molecule has 1 aliphatic rings. The van der Waals surface area contributed by atoms with Crippen LogP contribution >= 0.6 is 0 Å². The quantitative estimate of drug-likeness (QED) is 0.641. The number of furan rings is 1. The van der Waals surface area contributed by atoms with Gasteiger partial charge in [0.1, 0.15) is 17.2 Å². The molecule has 0 spiro atoms. The fourth-order valence-corrected chi connectivity index (χ4v) is 4.98. The summed E-state index contributed by atoms with van der Waals surface area (Å²) in [4.78, 5) is 12.7. The third-order valence-corrected chi connectivity index (χ3v) is 6.69. The molecular formula is C22H23FN2O5S. The van der Waals surface area contributed by atoms with Gasteiger partial charge in [-0.05, 0) is 49.6 Å². The Bertz CT molecular complexity index is 1250. The van der Waals surface area contributed by atoms with Gasteiger partial charge in [0.25, 0.3) is 5.91 Å². The summed E-state index contributed by atoms with van der Waals surface area (Å²) in [6.45, 7) is 0.290. The van der Waals surface area contributed by atoms with E-state index >= 15 is 0 Å². The highest BCUT2D eigenvalue weighted by atomic mass is 32.2. The zero-order valence-corrected chi connectivity index (χ0v) is 18.0. The Labute approximate surface area is 179 Å². The maximum atomic E-state index is 13.4. The number of hydrogen-bond donors (Lipinski definition) is 2. The van der Waals surface area contributed by atoms with E-state index in [0.29, 0.717) is 47.0 Å². The van der Waals surface area contributed by atoms with E-state index in [4.69, 9.17) is 4.42 Å². The second kappa shape index (κ2) is 7.97. The van der Waals surface area contributed by atoms with Crippen LogP contribution < -0.4 is 9.62 Å². The summed E-state index contributed by atoms with van der Waals surface area (Å²) in [7, 11) is -2.10. The number of benzene rings is 2. The van der Waals surface area contributed by atoms with Crippen LogP contribution in [0.5, 0.6) is 0 Å². The van der Waals surface area contributed by atoms with Crippen molar-refractivity contribution in [2.45, 2.75) is 25.4 Å². The SMILES string of the molecule is CNC(=O)c1c(-c2ccc(F)cc2)oc2cc3c(cc12)C(O)CCCCN3S(C)(=O)=O. The van der Waals surface area contributed by atoms with Gasteiger partial charge in [0.2, 0.25) is 10.0 Å². The van der Waals surface area contributed by atoms with Gasteiger partial charge in [-0.3, -0.25) is 9.10 Å². The Balaban J connectivity index is 2.03. The zero-order valence-electron chi connectivity index (χ0n) is 17.2. The van der Waals surface area contributed by atoms with E-state index in [1.165, 1.54) is 35.6 Å². The van der Waals surface area contributed by atoms with Crippen LogP contribution in [0.3, 0.4) is 0 Å². The van der Waals surface area contributed by atoms with Crippen LogP contribution in [0.1, 0.15) is 41.3 Å². The Kier molecular flexibility index (Phi) is 5.49. The predicted molar refractivity (Wildman–Crippen MR) is 116 cm³/mol. The van der Waals surface area contributed by atoms with Gasteiger partial charge >= 0.3 is 0 Å². The highest BCUT2D eigenvalue weighted by Crippen LogP contribution is 2.41. The number of halogens is 1.